The Morgan fingerprint density at radius 1 is 1.33 bits per heavy atom. The lowest BCUT2D eigenvalue weighted by Crippen LogP contribution is -2.28. The molecule has 21 heavy (non-hydrogen) atoms. The van der Waals surface area contributed by atoms with E-state index in [9.17, 15) is 0 Å². The van der Waals surface area contributed by atoms with Gasteiger partial charge in [0.1, 0.15) is 0 Å². The van der Waals surface area contributed by atoms with Crippen LogP contribution in [0.15, 0.2) is 29.6 Å². The molecule has 0 aromatic carbocycles. The van der Waals surface area contributed by atoms with Gasteiger partial charge in [-0.15, -0.1) is 5.10 Å². The van der Waals surface area contributed by atoms with E-state index >= 15 is 0 Å². The van der Waals surface area contributed by atoms with Crippen LogP contribution in [0.25, 0.3) is 0 Å². The zero-order valence-corrected chi connectivity index (χ0v) is 12.6. The van der Waals surface area contributed by atoms with Crippen molar-refractivity contribution in [1.82, 2.24) is 25.2 Å². The third kappa shape index (κ3) is 3.22. The number of nitrogens with zero attached hydrogens (tertiary/aromatic N) is 5. The van der Waals surface area contributed by atoms with Gasteiger partial charge in [-0.1, -0.05) is 17.8 Å². The molecule has 1 fully saturated rings. The monoisotopic (exact) mass is 307 g/mol. The Labute approximate surface area is 127 Å². The average molecular weight is 307 g/mol. The van der Waals surface area contributed by atoms with E-state index in [0.29, 0.717) is 13.2 Å². The van der Waals surface area contributed by atoms with E-state index < -0.39 is 5.79 Å². The smallest absolute Gasteiger partial charge is 0.212 e. The predicted octanol–water partition coefficient (Wildman–Crippen LogP) is 1.38. The standard InChI is InChI=1S/C13H17N5O2S/c1-18-12(15-16-17-18)21-10-4-6-13(19-8-9-20-13)11-5-2-3-7-14-11/h2-3,5,7H,4,6,8-10H2,1H3. The first-order chi connectivity index (χ1) is 10.3. The van der Waals surface area contributed by atoms with E-state index in [0.717, 1.165) is 29.4 Å². The zero-order chi connectivity index (χ0) is 14.5. The van der Waals surface area contributed by atoms with E-state index in [1.165, 1.54) is 0 Å². The summed E-state index contributed by atoms with van der Waals surface area (Å²) in [5.74, 6) is 0.204. The van der Waals surface area contributed by atoms with Gasteiger partial charge in [0.2, 0.25) is 10.9 Å². The number of pyridine rings is 1. The van der Waals surface area contributed by atoms with Crippen LogP contribution in [0.1, 0.15) is 18.5 Å². The summed E-state index contributed by atoms with van der Waals surface area (Å²) in [5.41, 5.74) is 0.841. The quantitative estimate of drug-likeness (QED) is 0.589. The molecule has 0 unspecified atom stereocenters. The van der Waals surface area contributed by atoms with E-state index in [1.807, 2.05) is 25.2 Å². The van der Waals surface area contributed by atoms with Crippen molar-refractivity contribution >= 4 is 11.8 Å². The Balaban J connectivity index is 1.58. The van der Waals surface area contributed by atoms with Gasteiger partial charge in [0.05, 0.1) is 18.9 Å². The summed E-state index contributed by atoms with van der Waals surface area (Å²) in [7, 11) is 1.83. The van der Waals surface area contributed by atoms with Gasteiger partial charge in [0.15, 0.2) is 0 Å². The fraction of sp³-hybridized carbons (Fsp3) is 0.538. The normalized spacial score (nSPS) is 17.2. The van der Waals surface area contributed by atoms with Crippen molar-refractivity contribution in [2.75, 3.05) is 19.0 Å². The highest BCUT2D eigenvalue weighted by atomic mass is 32.2. The number of rotatable bonds is 6. The van der Waals surface area contributed by atoms with Crippen molar-refractivity contribution in [3.05, 3.63) is 30.1 Å². The third-order valence-corrected chi connectivity index (χ3v) is 4.37. The number of thioether (sulfide) groups is 1. The highest BCUT2D eigenvalue weighted by Gasteiger charge is 2.39. The largest absolute Gasteiger partial charge is 0.342 e. The van der Waals surface area contributed by atoms with Crippen LogP contribution >= 0.6 is 11.8 Å². The zero-order valence-electron chi connectivity index (χ0n) is 11.8. The molecule has 112 valence electrons. The maximum atomic E-state index is 5.85. The van der Waals surface area contributed by atoms with Crippen LogP contribution in [-0.4, -0.2) is 44.2 Å². The minimum absolute atomic E-state index is 0.608. The van der Waals surface area contributed by atoms with Gasteiger partial charge in [0.25, 0.3) is 0 Å². The molecule has 2 aromatic rings. The van der Waals surface area contributed by atoms with Crippen molar-refractivity contribution in [2.45, 2.75) is 23.8 Å². The molecule has 7 nitrogen and oxygen atoms in total. The molecule has 1 aliphatic rings. The van der Waals surface area contributed by atoms with Crippen LogP contribution in [0.5, 0.6) is 0 Å². The molecule has 3 rings (SSSR count). The van der Waals surface area contributed by atoms with E-state index in [4.69, 9.17) is 9.47 Å². The molecule has 1 aliphatic heterocycles. The third-order valence-electron chi connectivity index (χ3n) is 3.27. The molecule has 0 spiro atoms. The summed E-state index contributed by atoms with van der Waals surface area (Å²) in [5, 5.41) is 12.2. The van der Waals surface area contributed by atoms with Crippen LogP contribution in [0, 0.1) is 0 Å². The van der Waals surface area contributed by atoms with Crippen LogP contribution in [0.3, 0.4) is 0 Å². The second-order valence-electron chi connectivity index (χ2n) is 4.70. The Morgan fingerprint density at radius 3 is 2.86 bits per heavy atom. The van der Waals surface area contributed by atoms with E-state index in [-0.39, 0.29) is 0 Å². The molecule has 2 aromatic heterocycles. The molecule has 0 amide bonds. The summed E-state index contributed by atoms with van der Waals surface area (Å²) in [6.07, 6.45) is 3.46. The number of aryl methyl sites for hydroxylation is 1. The molecular formula is C13H17N5O2S. The van der Waals surface area contributed by atoms with Gasteiger partial charge < -0.3 is 9.47 Å². The van der Waals surface area contributed by atoms with Crippen LogP contribution in [-0.2, 0) is 22.3 Å². The van der Waals surface area contributed by atoms with Gasteiger partial charge in [-0.25, -0.2) is 4.68 Å². The van der Waals surface area contributed by atoms with Crippen LogP contribution < -0.4 is 0 Å². The van der Waals surface area contributed by atoms with Gasteiger partial charge in [-0.2, -0.15) is 0 Å². The minimum atomic E-state index is -0.694. The molecule has 0 bridgehead atoms. The minimum Gasteiger partial charge on any atom is -0.342 e. The molecule has 8 heteroatoms. The molecule has 0 aliphatic carbocycles. The lowest BCUT2D eigenvalue weighted by atomic mass is 10.1. The van der Waals surface area contributed by atoms with Gasteiger partial charge in [0, 0.05) is 25.4 Å². The summed E-state index contributed by atoms with van der Waals surface area (Å²) >= 11 is 1.63. The summed E-state index contributed by atoms with van der Waals surface area (Å²) in [6.45, 7) is 1.22. The van der Waals surface area contributed by atoms with Crippen LogP contribution in [0.4, 0.5) is 0 Å². The Hall–Kier alpha value is -1.51. The predicted molar refractivity (Wildman–Crippen MR) is 76.6 cm³/mol. The first-order valence-electron chi connectivity index (χ1n) is 6.85. The maximum absolute atomic E-state index is 5.85. The number of hydrogen-bond donors (Lipinski definition) is 0. The molecule has 0 radical (unpaired) electrons. The Morgan fingerprint density at radius 2 is 2.19 bits per heavy atom. The van der Waals surface area contributed by atoms with Crippen molar-refractivity contribution in [3.8, 4) is 0 Å². The number of hydrogen-bond acceptors (Lipinski definition) is 7. The number of aromatic nitrogens is 5. The fourth-order valence-corrected chi connectivity index (χ4v) is 3.06. The summed E-state index contributed by atoms with van der Waals surface area (Å²) < 4.78 is 13.4. The molecule has 0 saturated carbocycles. The van der Waals surface area contributed by atoms with E-state index in [2.05, 4.69) is 20.5 Å². The van der Waals surface area contributed by atoms with Gasteiger partial charge in [-0.05, 0) is 29.0 Å². The van der Waals surface area contributed by atoms with Crippen molar-refractivity contribution < 1.29 is 9.47 Å². The molecule has 3 heterocycles. The molecule has 0 atom stereocenters. The number of ether oxygens (including phenoxy) is 2. The SMILES string of the molecule is Cn1nnnc1SCCCC1(c2ccccn2)OCCO1. The van der Waals surface area contributed by atoms with Crippen molar-refractivity contribution in [2.24, 2.45) is 7.05 Å². The van der Waals surface area contributed by atoms with Gasteiger partial charge >= 0.3 is 0 Å². The van der Waals surface area contributed by atoms with Gasteiger partial charge in [-0.3, -0.25) is 4.98 Å². The molecule has 0 N–H and O–H groups in total. The Kier molecular flexibility index (Phi) is 4.47. The highest BCUT2D eigenvalue weighted by molar-refractivity contribution is 7.99. The van der Waals surface area contributed by atoms with E-state index in [1.54, 1.807) is 22.6 Å². The van der Waals surface area contributed by atoms with Crippen LogP contribution in [0.2, 0.25) is 0 Å². The summed E-state index contributed by atoms with van der Waals surface area (Å²) in [6, 6.07) is 5.79. The molecule has 1 saturated heterocycles. The fourth-order valence-electron chi connectivity index (χ4n) is 2.27. The first-order valence-corrected chi connectivity index (χ1v) is 7.83. The Bertz CT molecular complexity index is 571. The first kappa shape index (κ1) is 14.4. The van der Waals surface area contributed by atoms with Crippen molar-refractivity contribution in [1.29, 1.82) is 0 Å². The second-order valence-corrected chi connectivity index (χ2v) is 5.76. The number of tetrazole rings is 1. The lowest BCUT2D eigenvalue weighted by Gasteiger charge is -2.26. The average Bonchev–Trinajstić information content (AvgIpc) is 3.15. The summed E-state index contributed by atoms with van der Waals surface area (Å²) in [4.78, 5) is 4.38. The second kappa shape index (κ2) is 6.50. The van der Waals surface area contributed by atoms with Crippen molar-refractivity contribution in [3.63, 3.8) is 0 Å². The highest BCUT2D eigenvalue weighted by Crippen LogP contribution is 2.35. The maximum Gasteiger partial charge on any atom is 0.212 e. The lowest BCUT2D eigenvalue weighted by molar-refractivity contribution is -0.173. The topological polar surface area (TPSA) is 75.0 Å². The molecular weight excluding hydrogens is 290 g/mol.